The molecule has 2 aliphatic heterocycles. The van der Waals surface area contributed by atoms with E-state index >= 15 is 0 Å². The number of halogens is 4. The topological polar surface area (TPSA) is 193 Å². The first kappa shape index (κ1) is 46.8. The lowest BCUT2D eigenvalue weighted by atomic mass is 9.81. The Hall–Kier alpha value is -9.00. The molecule has 0 radical (unpaired) electrons. The van der Waals surface area contributed by atoms with Crippen LogP contribution in [0.1, 0.15) is 22.3 Å². The zero-order valence-corrected chi connectivity index (χ0v) is 45.2. The number of nitrogens with zero attached hydrogens (tertiary/aromatic N) is 11. The number of hydrogen-bond acceptors (Lipinski definition) is 10. The average Bonchev–Trinajstić information content (AvgIpc) is 4.28. The summed E-state index contributed by atoms with van der Waals surface area (Å²) in [6, 6.07) is 56.9. The molecule has 12 nitrogen and oxygen atoms in total. The molecule has 0 fully saturated rings. The predicted molar refractivity (Wildman–Crippen MR) is 307 cm³/mol. The van der Waals surface area contributed by atoms with Gasteiger partial charge in [-0.2, -0.15) is 21.0 Å². The Morgan fingerprint density at radius 2 is 0.763 bits per heavy atom. The van der Waals surface area contributed by atoms with Gasteiger partial charge in [-0.3, -0.25) is 4.57 Å². The van der Waals surface area contributed by atoms with Crippen molar-refractivity contribution >= 4 is 108 Å². The van der Waals surface area contributed by atoms with Crippen molar-refractivity contribution in [3.8, 4) is 109 Å². The number of nitriles is 4. The van der Waals surface area contributed by atoms with Crippen LogP contribution in [0.15, 0.2) is 170 Å². The van der Waals surface area contributed by atoms with E-state index in [-0.39, 0.29) is 0 Å². The molecule has 0 saturated carbocycles. The minimum absolute atomic E-state index is 0.331. The summed E-state index contributed by atoms with van der Waals surface area (Å²) in [5.74, 6) is 1.42. The summed E-state index contributed by atoms with van der Waals surface area (Å²) in [6.07, 6.45) is 0. The highest BCUT2D eigenvalue weighted by Crippen LogP contribution is 2.50. The normalized spacial score (nSPS) is 11.4. The molecule has 5 heterocycles. The fourth-order valence-corrected chi connectivity index (χ4v) is 11.6. The molecule has 0 saturated heterocycles. The number of aromatic nitrogens is 8. The van der Waals surface area contributed by atoms with Gasteiger partial charge in [-0.25, -0.2) is 29.9 Å². The van der Waals surface area contributed by atoms with Crippen LogP contribution in [0.25, 0.3) is 129 Å². The second-order valence-corrected chi connectivity index (χ2v) is 21.3. The number of fused-ring (bicyclic) bond motifs is 20. The van der Waals surface area contributed by atoms with Gasteiger partial charge in [-0.1, -0.05) is 155 Å². The molecule has 0 aliphatic carbocycles. The number of aromatic amines is 1. The summed E-state index contributed by atoms with van der Waals surface area (Å²) >= 11 is 14.4. The van der Waals surface area contributed by atoms with Gasteiger partial charge in [0.05, 0.1) is 46.1 Å². The van der Waals surface area contributed by atoms with Crippen molar-refractivity contribution in [2.75, 3.05) is 0 Å². The second-order valence-electron chi connectivity index (χ2n) is 17.7. The molecule has 354 valence electrons. The maximum absolute atomic E-state index is 11.0. The number of nitrogens with one attached hydrogen (secondary N) is 1. The maximum atomic E-state index is 11.0. The van der Waals surface area contributed by atoms with E-state index in [1.165, 1.54) is 0 Å². The summed E-state index contributed by atoms with van der Waals surface area (Å²) in [5.41, 5.74) is 9.82. The molecule has 11 aromatic rings. The second kappa shape index (κ2) is 18.4. The summed E-state index contributed by atoms with van der Waals surface area (Å²) in [5, 5.41) is 46.1. The van der Waals surface area contributed by atoms with E-state index in [2.05, 4.69) is 93.0 Å². The Balaban J connectivity index is 1.30. The van der Waals surface area contributed by atoms with Gasteiger partial charge in [-0.05, 0) is 71.8 Å². The number of hydrogen-bond donors (Lipinski definition) is 1. The minimum Gasteiger partial charge on any atom is -0.324 e. The van der Waals surface area contributed by atoms with Crippen LogP contribution in [-0.4, -0.2) is 39.5 Å². The summed E-state index contributed by atoms with van der Waals surface area (Å²) in [6.45, 7) is 0. The zero-order valence-electron chi connectivity index (χ0n) is 38.9. The smallest absolute Gasteiger partial charge is 0.164 e. The van der Waals surface area contributed by atoms with Gasteiger partial charge >= 0.3 is 0 Å². The summed E-state index contributed by atoms with van der Waals surface area (Å²) < 4.78 is 4.70. The number of benzene rings is 8. The predicted octanol–water partition coefficient (Wildman–Crippen LogP) is 15.9. The van der Waals surface area contributed by atoms with Crippen LogP contribution in [-0.2, 0) is 0 Å². The Morgan fingerprint density at radius 3 is 1.26 bits per heavy atom. The van der Waals surface area contributed by atoms with Crippen molar-refractivity contribution in [3.63, 3.8) is 0 Å². The Morgan fingerprint density at radius 1 is 0.355 bits per heavy atom. The van der Waals surface area contributed by atoms with E-state index in [1.54, 1.807) is 24.3 Å². The van der Waals surface area contributed by atoms with Crippen LogP contribution in [0, 0.1) is 45.3 Å². The number of rotatable bonds is 4. The fourth-order valence-electron chi connectivity index (χ4n) is 10.2. The standard InChI is InChI=1S/C60H26Br4N12/c61-34-13-17-38(30(21-34)26-65)47-25-48-52(51(40-19-15-36(63)23-32(40)28-67)50(47)39-18-14-35(62)22-31(39)27-66)58-72-54-42-8-2-4-10-44(42)56(70-54)75-60-46-12-6-5-11-45(46)59(76(60)49-20-16-37(64)24-33(49)29-68)74-55-43-9-3-1-7-41(43)53(69-55)71-57(48)73-58/h1-25H,(H,69,70,71,72,73,74,75). The molecule has 0 spiro atoms. The third-order valence-electron chi connectivity index (χ3n) is 13.4. The first-order chi connectivity index (χ1) is 37.1. The lowest BCUT2D eigenvalue weighted by Crippen LogP contribution is -2.00. The van der Waals surface area contributed by atoms with E-state index in [9.17, 15) is 21.0 Å². The molecule has 8 aromatic carbocycles. The van der Waals surface area contributed by atoms with E-state index < -0.39 is 0 Å². The van der Waals surface area contributed by atoms with Crippen LogP contribution >= 0.6 is 63.7 Å². The summed E-state index contributed by atoms with van der Waals surface area (Å²) in [7, 11) is 0. The van der Waals surface area contributed by atoms with Crippen LogP contribution in [0.3, 0.4) is 0 Å². The molecule has 13 rings (SSSR count). The Bertz CT molecular complexity index is 4780. The molecule has 0 atom stereocenters. The largest absolute Gasteiger partial charge is 0.324 e. The summed E-state index contributed by atoms with van der Waals surface area (Å²) in [4.78, 5) is 35.8. The van der Waals surface area contributed by atoms with E-state index in [0.717, 1.165) is 20.8 Å². The fraction of sp³-hybridized carbons (Fsp3) is 0. The van der Waals surface area contributed by atoms with Gasteiger partial charge in [0.15, 0.2) is 23.3 Å². The van der Waals surface area contributed by atoms with Crippen molar-refractivity contribution in [2.24, 2.45) is 0 Å². The molecule has 2 aliphatic rings. The van der Waals surface area contributed by atoms with Crippen LogP contribution < -0.4 is 0 Å². The highest BCUT2D eigenvalue weighted by molar-refractivity contribution is 9.11. The van der Waals surface area contributed by atoms with Crippen molar-refractivity contribution in [3.05, 3.63) is 192 Å². The van der Waals surface area contributed by atoms with Crippen LogP contribution in [0.2, 0.25) is 0 Å². The van der Waals surface area contributed by atoms with E-state index in [4.69, 9.17) is 29.9 Å². The molecule has 16 heteroatoms. The van der Waals surface area contributed by atoms with Crippen molar-refractivity contribution in [1.82, 2.24) is 39.5 Å². The molecular weight excluding hydrogens is 1210 g/mol. The lowest BCUT2D eigenvalue weighted by Gasteiger charge is -2.20. The van der Waals surface area contributed by atoms with Crippen LogP contribution in [0.5, 0.6) is 0 Å². The molecule has 1 N–H and O–H groups in total. The highest BCUT2D eigenvalue weighted by atomic mass is 79.9. The first-order valence-corrected chi connectivity index (χ1v) is 26.4. The monoisotopic (exact) mass is 1230 g/mol. The highest BCUT2D eigenvalue weighted by Gasteiger charge is 2.29. The zero-order chi connectivity index (χ0) is 51.9. The Kier molecular flexibility index (Phi) is 11.3. The third kappa shape index (κ3) is 7.53. The van der Waals surface area contributed by atoms with Crippen molar-refractivity contribution < 1.29 is 0 Å². The van der Waals surface area contributed by atoms with Gasteiger partial charge in [0, 0.05) is 83.9 Å². The van der Waals surface area contributed by atoms with Gasteiger partial charge in [-0.15, -0.1) is 0 Å². The van der Waals surface area contributed by atoms with Gasteiger partial charge in [0.25, 0.3) is 0 Å². The molecule has 0 unspecified atom stereocenters. The lowest BCUT2D eigenvalue weighted by molar-refractivity contribution is 1.08. The van der Waals surface area contributed by atoms with Gasteiger partial charge < -0.3 is 4.98 Å². The van der Waals surface area contributed by atoms with Crippen LogP contribution in [0.4, 0.5) is 0 Å². The first-order valence-electron chi connectivity index (χ1n) is 23.3. The molecule has 3 aromatic heterocycles. The van der Waals surface area contributed by atoms with Crippen molar-refractivity contribution in [2.45, 2.75) is 0 Å². The average molecular weight is 1230 g/mol. The molecule has 76 heavy (non-hydrogen) atoms. The van der Waals surface area contributed by atoms with E-state index in [1.807, 2.05) is 132 Å². The van der Waals surface area contributed by atoms with Gasteiger partial charge in [0.2, 0.25) is 0 Å². The SMILES string of the molecule is N#Cc1cc(Br)ccc1-c1cc2c3nc4nc(nc5c6ccccc6c(nc6nc(nc([nH]3)c2c(-c2ccc(Br)cc2C#N)c1-c1ccc(Br)cc1C#N)-c1ccccc1-6)n5-c1ccc(Br)cc1C#N)-c1ccccc1-4. The number of H-pyrrole nitrogens is 1. The Labute approximate surface area is 465 Å². The molecule has 0 amide bonds. The van der Waals surface area contributed by atoms with E-state index in [0.29, 0.717) is 148 Å². The molecule has 8 bridgehead atoms. The minimum atomic E-state index is 0.331. The van der Waals surface area contributed by atoms with Crippen molar-refractivity contribution in [1.29, 1.82) is 21.0 Å². The van der Waals surface area contributed by atoms with Gasteiger partial charge in [0.1, 0.15) is 28.7 Å². The molecular formula is C60H26Br4N12. The maximum Gasteiger partial charge on any atom is 0.164 e. The third-order valence-corrected chi connectivity index (χ3v) is 15.4. The quantitative estimate of drug-likeness (QED) is 0.177.